The summed E-state index contributed by atoms with van der Waals surface area (Å²) in [5, 5.41) is 10.5. The molecule has 1 aliphatic heterocycles. The lowest BCUT2D eigenvalue weighted by molar-refractivity contribution is 0.132. The van der Waals surface area contributed by atoms with Crippen LogP contribution in [-0.4, -0.2) is 36.9 Å². The third kappa shape index (κ3) is 4.97. The lowest BCUT2D eigenvalue weighted by atomic mass is 10.0. The zero-order valence-electron chi connectivity index (χ0n) is 17.3. The van der Waals surface area contributed by atoms with E-state index in [1.807, 2.05) is 18.2 Å². The van der Waals surface area contributed by atoms with Gasteiger partial charge >= 0.3 is 0 Å². The minimum absolute atomic E-state index is 0.178. The molecule has 3 rings (SSSR count). The number of nitrogens with zero attached hydrogens (tertiary/aromatic N) is 2. The first kappa shape index (κ1) is 20.0. The topological polar surface area (TPSA) is 80.9 Å². The van der Waals surface area contributed by atoms with Crippen LogP contribution in [0.1, 0.15) is 50.6 Å². The van der Waals surface area contributed by atoms with E-state index in [1.54, 1.807) is 7.05 Å². The second-order valence-corrected chi connectivity index (χ2v) is 7.86. The van der Waals surface area contributed by atoms with E-state index in [2.05, 4.69) is 54.5 Å². The van der Waals surface area contributed by atoms with Gasteiger partial charge in [0, 0.05) is 25.1 Å². The van der Waals surface area contributed by atoms with Gasteiger partial charge in [-0.15, -0.1) is 0 Å². The van der Waals surface area contributed by atoms with Gasteiger partial charge in [0.15, 0.2) is 23.2 Å². The molecule has 1 aliphatic rings. The maximum Gasteiger partial charge on any atom is 0.191 e. The molecule has 2 heterocycles. The Hall–Kier alpha value is -2.70. The first-order valence-corrected chi connectivity index (χ1v) is 9.71. The van der Waals surface area contributed by atoms with Crippen LogP contribution in [0.5, 0.6) is 11.5 Å². The monoisotopic (exact) mass is 386 g/mol. The van der Waals surface area contributed by atoms with Crippen LogP contribution in [0.25, 0.3) is 0 Å². The van der Waals surface area contributed by atoms with Crippen molar-refractivity contribution in [3.8, 4) is 11.5 Å². The Bertz CT molecular complexity index is 827. The van der Waals surface area contributed by atoms with Crippen LogP contribution in [-0.2, 0) is 13.0 Å². The highest BCUT2D eigenvalue weighted by atomic mass is 16.5. The van der Waals surface area contributed by atoms with Crippen molar-refractivity contribution in [2.45, 2.75) is 52.2 Å². The molecular formula is C21H30N4O3. The molecule has 152 valence electrons. The molecule has 28 heavy (non-hydrogen) atoms. The van der Waals surface area contributed by atoms with Crippen molar-refractivity contribution in [2.24, 2.45) is 4.99 Å². The van der Waals surface area contributed by atoms with Gasteiger partial charge in [-0.25, -0.2) is 0 Å². The lowest BCUT2D eigenvalue weighted by Gasteiger charge is -2.18. The van der Waals surface area contributed by atoms with Gasteiger partial charge in [0.1, 0.15) is 12.2 Å². The van der Waals surface area contributed by atoms with Gasteiger partial charge in [-0.1, -0.05) is 31.1 Å². The van der Waals surface area contributed by atoms with Crippen LogP contribution >= 0.6 is 0 Å². The predicted octanol–water partition coefficient (Wildman–Crippen LogP) is 3.26. The van der Waals surface area contributed by atoms with Crippen molar-refractivity contribution in [3.05, 3.63) is 41.3 Å². The summed E-state index contributed by atoms with van der Waals surface area (Å²) in [7, 11) is 1.73. The number of ether oxygens (including phenoxy) is 2. The lowest BCUT2D eigenvalue weighted by Crippen LogP contribution is -2.38. The van der Waals surface area contributed by atoms with Crippen molar-refractivity contribution < 1.29 is 14.0 Å². The quantitative estimate of drug-likeness (QED) is 0.432. The van der Waals surface area contributed by atoms with Crippen LogP contribution in [0.2, 0.25) is 0 Å². The van der Waals surface area contributed by atoms with E-state index in [0.29, 0.717) is 31.6 Å². The molecule has 0 saturated heterocycles. The molecule has 0 atom stereocenters. The average molecular weight is 386 g/mol. The molecule has 0 aliphatic carbocycles. The van der Waals surface area contributed by atoms with Gasteiger partial charge in [-0.05, 0) is 25.8 Å². The highest BCUT2D eigenvalue weighted by Crippen LogP contribution is 2.41. The Morgan fingerprint density at radius 2 is 2.14 bits per heavy atom. The molecular weight excluding hydrogens is 356 g/mol. The standard InChI is InChI=1S/C21H30N4O3/c1-14(2)17-11-16(28-25-17)13-24-20(22-5)23-9-10-26-18-8-6-7-15-12-21(3,4)27-19(15)18/h6-8,11,14H,9-10,12-13H2,1-5H3,(H2,22,23,24). The van der Waals surface area contributed by atoms with Crippen LogP contribution in [0.15, 0.2) is 33.8 Å². The molecule has 7 nitrogen and oxygen atoms in total. The highest BCUT2D eigenvalue weighted by Gasteiger charge is 2.32. The van der Waals surface area contributed by atoms with Crippen molar-refractivity contribution in [2.75, 3.05) is 20.2 Å². The maximum atomic E-state index is 6.03. The molecule has 0 spiro atoms. The summed E-state index contributed by atoms with van der Waals surface area (Å²) in [6.45, 7) is 9.99. The molecule has 7 heteroatoms. The Labute approximate surface area is 166 Å². The van der Waals surface area contributed by atoms with Crippen LogP contribution in [0, 0.1) is 0 Å². The number of benzene rings is 1. The van der Waals surface area contributed by atoms with Crippen molar-refractivity contribution in [1.82, 2.24) is 15.8 Å². The fourth-order valence-corrected chi connectivity index (χ4v) is 3.11. The number of nitrogens with one attached hydrogen (secondary N) is 2. The number of para-hydroxylation sites is 1. The van der Waals surface area contributed by atoms with Crippen LogP contribution in [0.3, 0.4) is 0 Å². The smallest absolute Gasteiger partial charge is 0.191 e. The van der Waals surface area contributed by atoms with Gasteiger partial charge in [-0.2, -0.15) is 0 Å². The number of guanidine groups is 1. The van der Waals surface area contributed by atoms with Crippen LogP contribution < -0.4 is 20.1 Å². The average Bonchev–Trinajstić information content (AvgIpc) is 3.24. The zero-order valence-corrected chi connectivity index (χ0v) is 17.3. The summed E-state index contributed by atoms with van der Waals surface area (Å²) in [5.74, 6) is 3.46. The van der Waals surface area contributed by atoms with Crippen LogP contribution in [0.4, 0.5) is 0 Å². The molecule has 0 amide bonds. The van der Waals surface area contributed by atoms with E-state index in [4.69, 9.17) is 14.0 Å². The fourth-order valence-electron chi connectivity index (χ4n) is 3.11. The molecule has 2 N–H and O–H groups in total. The van der Waals surface area contributed by atoms with Crippen molar-refractivity contribution in [1.29, 1.82) is 0 Å². The minimum Gasteiger partial charge on any atom is -0.488 e. The third-order valence-electron chi connectivity index (χ3n) is 4.53. The maximum absolute atomic E-state index is 6.03. The van der Waals surface area contributed by atoms with Gasteiger partial charge in [0.05, 0.1) is 18.8 Å². The normalized spacial score (nSPS) is 15.3. The summed E-state index contributed by atoms with van der Waals surface area (Å²) in [4.78, 5) is 4.22. The number of hydrogen-bond acceptors (Lipinski definition) is 5. The van der Waals surface area contributed by atoms with E-state index in [9.17, 15) is 0 Å². The van der Waals surface area contributed by atoms with Gasteiger partial charge in [0.2, 0.25) is 0 Å². The first-order chi connectivity index (χ1) is 13.4. The largest absolute Gasteiger partial charge is 0.488 e. The molecule has 0 saturated carbocycles. The van der Waals surface area contributed by atoms with E-state index < -0.39 is 0 Å². The van der Waals surface area contributed by atoms with Gasteiger partial charge in [0.25, 0.3) is 0 Å². The summed E-state index contributed by atoms with van der Waals surface area (Å²) in [6.07, 6.45) is 0.897. The van der Waals surface area contributed by atoms with Gasteiger partial charge in [-0.3, -0.25) is 4.99 Å². The predicted molar refractivity (Wildman–Crippen MR) is 109 cm³/mol. The number of aliphatic imine (C=N–C) groups is 1. The molecule has 0 bridgehead atoms. The zero-order chi connectivity index (χ0) is 20.1. The van der Waals surface area contributed by atoms with E-state index in [0.717, 1.165) is 29.4 Å². The summed E-state index contributed by atoms with van der Waals surface area (Å²) < 4.78 is 17.3. The van der Waals surface area contributed by atoms with E-state index in [-0.39, 0.29) is 5.60 Å². The van der Waals surface area contributed by atoms with Crippen molar-refractivity contribution >= 4 is 5.96 Å². The first-order valence-electron chi connectivity index (χ1n) is 9.71. The molecule has 1 aromatic carbocycles. The Balaban J connectivity index is 1.44. The highest BCUT2D eigenvalue weighted by molar-refractivity contribution is 5.79. The SMILES string of the molecule is CN=C(NCCOc1cccc2c1OC(C)(C)C2)NCc1cc(C(C)C)no1. The summed E-state index contributed by atoms with van der Waals surface area (Å²) >= 11 is 0. The number of aromatic nitrogens is 1. The molecule has 1 aromatic heterocycles. The molecule has 0 fully saturated rings. The Morgan fingerprint density at radius 1 is 1.32 bits per heavy atom. The molecule has 2 aromatic rings. The Morgan fingerprint density at radius 3 is 2.86 bits per heavy atom. The number of rotatable bonds is 7. The Kier molecular flexibility index (Phi) is 6.11. The second kappa shape index (κ2) is 8.54. The summed E-state index contributed by atoms with van der Waals surface area (Å²) in [6, 6.07) is 8.01. The van der Waals surface area contributed by atoms with Gasteiger partial charge < -0.3 is 24.6 Å². The van der Waals surface area contributed by atoms with E-state index >= 15 is 0 Å². The summed E-state index contributed by atoms with van der Waals surface area (Å²) in [5.41, 5.74) is 1.97. The van der Waals surface area contributed by atoms with E-state index in [1.165, 1.54) is 5.56 Å². The van der Waals surface area contributed by atoms with Crippen molar-refractivity contribution in [3.63, 3.8) is 0 Å². The third-order valence-corrected chi connectivity index (χ3v) is 4.53. The molecule has 0 radical (unpaired) electrons. The second-order valence-electron chi connectivity index (χ2n) is 7.86. The fraction of sp³-hybridized carbons (Fsp3) is 0.524. The number of hydrogen-bond donors (Lipinski definition) is 2. The molecule has 0 unspecified atom stereocenters. The number of fused-ring (bicyclic) bond motifs is 1. The minimum atomic E-state index is -0.178.